The molecule has 0 unspecified atom stereocenters. The molecule has 0 fully saturated rings. The molecule has 2 aromatic rings. The number of ether oxygens (including phenoxy) is 1. The van der Waals surface area contributed by atoms with Crippen LogP contribution in [-0.4, -0.2) is 20.2 Å². The molecule has 0 atom stereocenters. The highest BCUT2D eigenvalue weighted by molar-refractivity contribution is 6.36. The van der Waals surface area contributed by atoms with Gasteiger partial charge in [0.15, 0.2) is 0 Å². The summed E-state index contributed by atoms with van der Waals surface area (Å²) in [5.74, 6) is 0.837. The highest BCUT2D eigenvalue weighted by atomic mass is 35.5. The molecule has 0 radical (unpaired) electrons. The number of methoxy groups -OCH3 is 1. The molecule has 2 rings (SSSR count). The van der Waals surface area contributed by atoms with E-state index in [2.05, 4.69) is 10.6 Å². The predicted molar refractivity (Wildman–Crippen MR) is 86.4 cm³/mol. The monoisotopic (exact) mass is 310 g/mol. The second kappa shape index (κ2) is 7.27. The van der Waals surface area contributed by atoms with E-state index in [1.807, 2.05) is 36.4 Å². The maximum Gasteiger partial charge on any atom is 0.120 e. The Morgan fingerprint density at radius 1 is 1.00 bits per heavy atom. The number of hydrogen-bond acceptors (Lipinski definition) is 3. The van der Waals surface area contributed by atoms with Crippen molar-refractivity contribution >= 4 is 34.6 Å². The molecule has 0 aromatic heterocycles. The zero-order valence-corrected chi connectivity index (χ0v) is 12.6. The summed E-state index contributed by atoms with van der Waals surface area (Å²) in [6.45, 7) is 1.52. The Balaban J connectivity index is 1.81. The van der Waals surface area contributed by atoms with Gasteiger partial charge in [0.25, 0.3) is 0 Å². The maximum absolute atomic E-state index is 6.08. The van der Waals surface area contributed by atoms with Gasteiger partial charge in [0.05, 0.1) is 17.8 Å². The minimum atomic E-state index is 0.624. The number of halogens is 2. The fourth-order valence-electron chi connectivity index (χ4n) is 1.77. The SMILES string of the molecule is COc1cccc(NCCNc2ccc(Cl)cc2Cl)c1. The molecule has 2 aromatic carbocycles. The normalized spacial score (nSPS) is 10.2. The molecule has 0 saturated carbocycles. The van der Waals surface area contributed by atoms with E-state index in [0.29, 0.717) is 10.0 Å². The van der Waals surface area contributed by atoms with Crippen molar-refractivity contribution in [1.29, 1.82) is 0 Å². The van der Waals surface area contributed by atoms with Crippen LogP contribution in [0.25, 0.3) is 0 Å². The first kappa shape index (κ1) is 14.8. The molecule has 5 heteroatoms. The molecule has 0 aliphatic carbocycles. The quantitative estimate of drug-likeness (QED) is 0.769. The third kappa shape index (κ3) is 4.22. The molecule has 2 N–H and O–H groups in total. The van der Waals surface area contributed by atoms with Crippen LogP contribution in [0.3, 0.4) is 0 Å². The minimum Gasteiger partial charge on any atom is -0.497 e. The van der Waals surface area contributed by atoms with Crippen molar-refractivity contribution < 1.29 is 4.74 Å². The summed E-state index contributed by atoms with van der Waals surface area (Å²) in [6.07, 6.45) is 0. The predicted octanol–water partition coefficient (Wildman–Crippen LogP) is 4.53. The van der Waals surface area contributed by atoms with Crippen LogP contribution in [0.4, 0.5) is 11.4 Å². The Kier molecular flexibility index (Phi) is 5.39. The average molecular weight is 311 g/mol. The van der Waals surface area contributed by atoms with E-state index in [9.17, 15) is 0 Å². The molecule has 0 aliphatic rings. The van der Waals surface area contributed by atoms with E-state index in [1.54, 1.807) is 13.2 Å². The van der Waals surface area contributed by atoms with Crippen LogP contribution in [0.15, 0.2) is 42.5 Å². The fourth-order valence-corrected chi connectivity index (χ4v) is 2.25. The van der Waals surface area contributed by atoms with E-state index < -0.39 is 0 Å². The lowest BCUT2D eigenvalue weighted by Crippen LogP contribution is -2.13. The van der Waals surface area contributed by atoms with E-state index >= 15 is 0 Å². The molecular formula is C15H16Cl2N2O. The molecular weight excluding hydrogens is 295 g/mol. The van der Waals surface area contributed by atoms with E-state index in [1.165, 1.54) is 0 Å². The third-order valence-corrected chi connectivity index (χ3v) is 3.32. The second-order valence-corrected chi connectivity index (χ2v) is 5.05. The van der Waals surface area contributed by atoms with Gasteiger partial charge in [-0.25, -0.2) is 0 Å². The van der Waals surface area contributed by atoms with Crippen molar-refractivity contribution in [1.82, 2.24) is 0 Å². The lowest BCUT2D eigenvalue weighted by molar-refractivity contribution is 0.415. The standard InChI is InChI=1S/C15H16Cl2N2O/c1-20-13-4-2-3-12(10-13)18-7-8-19-15-6-5-11(16)9-14(15)17/h2-6,9-10,18-19H,7-8H2,1H3. The van der Waals surface area contributed by atoms with Gasteiger partial charge in [-0.1, -0.05) is 29.3 Å². The van der Waals surface area contributed by atoms with Gasteiger partial charge in [0.2, 0.25) is 0 Å². The van der Waals surface area contributed by atoms with Gasteiger partial charge in [-0.3, -0.25) is 0 Å². The summed E-state index contributed by atoms with van der Waals surface area (Å²) >= 11 is 11.9. The highest BCUT2D eigenvalue weighted by Gasteiger charge is 2.00. The van der Waals surface area contributed by atoms with Gasteiger partial charge in [0, 0.05) is 29.9 Å². The molecule has 20 heavy (non-hydrogen) atoms. The Morgan fingerprint density at radius 3 is 2.55 bits per heavy atom. The maximum atomic E-state index is 6.08. The van der Waals surface area contributed by atoms with Crippen LogP contribution in [0.5, 0.6) is 5.75 Å². The van der Waals surface area contributed by atoms with E-state index in [-0.39, 0.29) is 0 Å². The van der Waals surface area contributed by atoms with Crippen LogP contribution in [0, 0.1) is 0 Å². The van der Waals surface area contributed by atoms with E-state index in [4.69, 9.17) is 27.9 Å². The molecule has 0 amide bonds. The molecule has 3 nitrogen and oxygen atoms in total. The van der Waals surface area contributed by atoms with Crippen molar-refractivity contribution in [3.63, 3.8) is 0 Å². The van der Waals surface area contributed by atoms with Crippen LogP contribution >= 0.6 is 23.2 Å². The van der Waals surface area contributed by atoms with E-state index in [0.717, 1.165) is 30.2 Å². The molecule has 0 saturated heterocycles. The van der Waals surface area contributed by atoms with Crippen LogP contribution in [0.2, 0.25) is 10.0 Å². The number of nitrogens with one attached hydrogen (secondary N) is 2. The number of anilines is 2. The summed E-state index contributed by atoms with van der Waals surface area (Å²) in [7, 11) is 1.66. The first-order valence-corrected chi connectivity index (χ1v) is 7.01. The fraction of sp³-hybridized carbons (Fsp3) is 0.200. The zero-order valence-electron chi connectivity index (χ0n) is 11.1. The minimum absolute atomic E-state index is 0.624. The van der Waals surface area contributed by atoms with Gasteiger partial charge < -0.3 is 15.4 Å². The Labute approximate surface area is 128 Å². The molecule has 106 valence electrons. The first-order valence-electron chi connectivity index (χ1n) is 6.26. The lowest BCUT2D eigenvalue weighted by Gasteiger charge is -2.11. The molecule has 0 aliphatic heterocycles. The number of benzene rings is 2. The zero-order chi connectivity index (χ0) is 14.4. The van der Waals surface area contributed by atoms with Crippen molar-refractivity contribution in [2.75, 3.05) is 30.8 Å². The molecule has 0 bridgehead atoms. The average Bonchev–Trinajstić information content (AvgIpc) is 2.45. The van der Waals surface area contributed by atoms with Crippen LogP contribution in [-0.2, 0) is 0 Å². The Hall–Kier alpha value is -1.58. The van der Waals surface area contributed by atoms with Crippen molar-refractivity contribution in [2.24, 2.45) is 0 Å². The van der Waals surface area contributed by atoms with Crippen LogP contribution < -0.4 is 15.4 Å². The highest BCUT2D eigenvalue weighted by Crippen LogP contribution is 2.25. The van der Waals surface area contributed by atoms with Crippen molar-refractivity contribution in [3.8, 4) is 5.75 Å². The second-order valence-electron chi connectivity index (χ2n) is 4.21. The summed E-state index contributed by atoms with van der Waals surface area (Å²) in [5, 5.41) is 7.82. The van der Waals surface area contributed by atoms with Crippen molar-refractivity contribution in [3.05, 3.63) is 52.5 Å². The van der Waals surface area contributed by atoms with Gasteiger partial charge in [0.1, 0.15) is 5.75 Å². The lowest BCUT2D eigenvalue weighted by atomic mass is 10.3. The largest absolute Gasteiger partial charge is 0.497 e. The Bertz CT molecular complexity index is 576. The van der Waals surface area contributed by atoms with Crippen molar-refractivity contribution in [2.45, 2.75) is 0 Å². The summed E-state index contributed by atoms with van der Waals surface area (Å²) in [6, 6.07) is 13.2. The molecule has 0 heterocycles. The Morgan fingerprint density at radius 2 is 1.80 bits per heavy atom. The van der Waals surface area contributed by atoms with Gasteiger partial charge in [-0.15, -0.1) is 0 Å². The summed E-state index contributed by atoms with van der Waals surface area (Å²) < 4.78 is 5.17. The number of rotatable bonds is 6. The van der Waals surface area contributed by atoms with Gasteiger partial charge in [-0.2, -0.15) is 0 Å². The number of hydrogen-bond donors (Lipinski definition) is 2. The first-order chi connectivity index (χ1) is 9.69. The topological polar surface area (TPSA) is 33.3 Å². The summed E-state index contributed by atoms with van der Waals surface area (Å²) in [4.78, 5) is 0. The van der Waals surface area contributed by atoms with Gasteiger partial charge in [-0.05, 0) is 30.3 Å². The summed E-state index contributed by atoms with van der Waals surface area (Å²) in [5.41, 5.74) is 1.90. The van der Waals surface area contributed by atoms with Gasteiger partial charge >= 0.3 is 0 Å². The smallest absolute Gasteiger partial charge is 0.120 e. The third-order valence-electron chi connectivity index (χ3n) is 2.77. The van der Waals surface area contributed by atoms with Crippen LogP contribution in [0.1, 0.15) is 0 Å². The molecule has 0 spiro atoms.